The number of benzene rings is 2. The Balaban J connectivity index is 1.41. The number of rotatable bonds is 5. The molecule has 0 radical (unpaired) electrons. The van der Waals surface area contributed by atoms with Crippen LogP contribution in [0.5, 0.6) is 5.75 Å². The molecular weight excluding hydrogens is 556 g/mol. The van der Waals surface area contributed by atoms with E-state index in [1.54, 1.807) is 15.6 Å². The fourth-order valence-corrected chi connectivity index (χ4v) is 7.72. The van der Waals surface area contributed by atoms with Gasteiger partial charge in [-0.15, -0.1) is 11.8 Å². The topological polar surface area (TPSA) is 90.3 Å². The van der Waals surface area contributed by atoms with E-state index in [1.807, 2.05) is 35.3 Å². The zero-order valence-electron chi connectivity index (χ0n) is 22.0. The van der Waals surface area contributed by atoms with Gasteiger partial charge in [-0.25, -0.2) is 13.6 Å². The van der Waals surface area contributed by atoms with Crippen LogP contribution < -0.4 is 15.2 Å². The number of amides is 1. The van der Waals surface area contributed by atoms with E-state index in [2.05, 4.69) is 4.74 Å². The van der Waals surface area contributed by atoms with Crippen molar-refractivity contribution < 1.29 is 32.6 Å². The van der Waals surface area contributed by atoms with Gasteiger partial charge < -0.3 is 19.1 Å². The molecule has 0 spiro atoms. The summed E-state index contributed by atoms with van der Waals surface area (Å²) in [5.74, 6) is -0.727. The van der Waals surface area contributed by atoms with Crippen LogP contribution in [0, 0.1) is 5.82 Å². The van der Waals surface area contributed by atoms with Crippen molar-refractivity contribution in [2.45, 2.75) is 47.2 Å². The Bertz CT molecular complexity index is 1640. The van der Waals surface area contributed by atoms with E-state index in [0.717, 1.165) is 23.1 Å². The van der Waals surface area contributed by atoms with E-state index in [4.69, 9.17) is 9.47 Å². The van der Waals surface area contributed by atoms with Gasteiger partial charge in [0.15, 0.2) is 5.69 Å². The molecule has 0 N–H and O–H groups in total. The molecule has 5 aliphatic rings. The molecule has 1 amide bonds. The summed E-state index contributed by atoms with van der Waals surface area (Å²) >= 11 is 1.53. The molecule has 12 heteroatoms. The minimum Gasteiger partial charge on any atom is -0.451 e. The molecule has 2 aromatic carbocycles. The second-order valence-electron chi connectivity index (χ2n) is 10.8. The maximum absolute atomic E-state index is 15.2. The van der Waals surface area contributed by atoms with E-state index >= 15 is 4.39 Å². The Morgan fingerprint density at radius 1 is 1.07 bits per heavy atom. The maximum atomic E-state index is 15.2. The fraction of sp³-hybridized carbons (Fsp3) is 0.345. The Kier molecular flexibility index (Phi) is 5.83. The van der Waals surface area contributed by atoms with Crippen LogP contribution in [0.2, 0.25) is 0 Å². The highest BCUT2D eigenvalue weighted by molar-refractivity contribution is 7.98. The van der Waals surface area contributed by atoms with Gasteiger partial charge in [0.25, 0.3) is 5.91 Å². The zero-order chi connectivity index (χ0) is 28.5. The van der Waals surface area contributed by atoms with Crippen LogP contribution in [-0.2, 0) is 15.2 Å². The molecule has 3 aliphatic carbocycles. The van der Waals surface area contributed by atoms with E-state index < -0.39 is 41.5 Å². The minimum atomic E-state index is -1.28. The first-order chi connectivity index (χ1) is 19.7. The number of aromatic nitrogens is 1. The van der Waals surface area contributed by atoms with Crippen molar-refractivity contribution in [3.63, 3.8) is 0 Å². The molecule has 0 saturated heterocycles. The van der Waals surface area contributed by atoms with Crippen molar-refractivity contribution >= 4 is 23.8 Å². The van der Waals surface area contributed by atoms with E-state index in [0.29, 0.717) is 11.3 Å². The summed E-state index contributed by atoms with van der Waals surface area (Å²) in [5.41, 5.74) is -0.487. The number of ether oxygens (including phenoxy) is 3. The first-order valence-electron chi connectivity index (χ1n) is 13.1. The third-order valence-electron chi connectivity index (χ3n) is 8.44. The predicted molar refractivity (Wildman–Crippen MR) is 144 cm³/mol. The van der Waals surface area contributed by atoms with Crippen molar-refractivity contribution in [2.24, 2.45) is 0 Å². The number of hydrogen-bond donors (Lipinski definition) is 0. The lowest BCUT2D eigenvalue weighted by Crippen LogP contribution is -2.79. The number of halogens is 2. The highest BCUT2D eigenvalue weighted by atomic mass is 32.2. The molecule has 41 heavy (non-hydrogen) atoms. The SMILES string of the molecule is COC(=O)OCOc1c2n(ccc1=O)N([C@@H]1c3ccccc3SCc3c(F)cccc31)CN(C13CC(F)(C1)C3)C2=O. The molecule has 8 rings (SSSR count). The lowest BCUT2D eigenvalue weighted by Gasteiger charge is -2.70. The molecule has 3 saturated carbocycles. The zero-order valence-corrected chi connectivity index (χ0v) is 22.8. The Morgan fingerprint density at radius 2 is 1.83 bits per heavy atom. The van der Waals surface area contributed by atoms with Crippen LogP contribution >= 0.6 is 11.8 Å². The fourth-order valence-electron chi connectivity index (χ4n) is 6.59. The molecule has 212 valence electrons. The molecule has 2 bridgehead atoms. The molecule has 3 aromatic rings. The van der Waals surface area contributed by atoms with Crippen molar-refractivity contribution in [1.29, 1.82) is 0 Å². The van der Waals surface area contributed by atoms with E-state index in [-0.39, 0.29) is 43.2 Å². The monoisotopic (exact) mass is 581 g/mol. The summed E-state index contributed by atoms with van der Waals surface area (Å²) in [6.07, 6.45) is 1.10. The predicted octanol–water partition coefficient (Wildman–Crippen LogP) is 4.50. The van der Waals surface area contributed by atoms with Gasteiger partial charge in [0, 0.05) is 47.7 Å². The number of carbonyl (C=O) groups excluding carboxylic acids is 2. The number of hydrogen-bond acceptors (Lipinski definition) is 8. The van der Waals surface area contributed by atoms with Gasteiger partial charge in [-0.1, -0.05) is 30.3 Å². The number of methoxy groups -OCH3 is 1. The van der Waals surface area contributed by atoms with Gasteiger partial charge in [-0.2, -0.15) is 0 Å². The number of nitrogens with zero attached hydrogens (tertiary/aromatic N) is 3. The summed E-state index contributed by atoms with van der Waals surface area (Å²) in [6, 6.07) is 13.4. The summed E-state index contributed by atoms with van der Waals surface area (Å²) in [5, 5.41) is 1.89. The third-order valence-corrected chi connectivity index (χ3v) is 9.55. The average molecular weight is 582 g/mol. The van der Waals surface area contributed by atoms with Gasteiger partial charge in [-0.05, 0) is 23.3 Å². The standard InChI is InChI=1S/C29H25F2N3O6S/c1-38-27(37)40-16-39-25-21(35)9-10-33-24(25)26(36)32(29-12-28(31,13-29)14-29)15-34(33)23-17-6-4-7-20(30)19(17)11-41-22-8-3-2-5-18(22)23/h2-10,23H,11-16H2,1H3/t23-,28?,29?/m0/s1. The smallest absolute Gasteiger partial charge is 0.451 e. The molecule has 3 fully saturated rings. The number of pyridine rings is 1. The minimum absolute atomic E-state index is 0.0719. The van der Waals surface area contributed by atoms with Crippen molar-refractivity contribution in [3.05, 3.63) is 93.2 Å². The van der Waals surface area contributed by atoms with Crippen molar-refractivity contribution in [3.8, 4) is 5.75 Å². The van der Waals surface area contributed by atoms with Gasteiger partial charge in [-0.3, -0.25) is 19.3 Å². The van der Waals surface area contributed by atoms with Crippen LogP contribution in [0.15, 0.2) is 64.4 Å². The van der Waals surface area contributed by atoms with Gasteiger partial charge in [0.1, 0.15) is 18.2 Å². The van der Waals surface area contributed by atoms with Crippen LogP contribution in [0.25, 0.3) is 0 Å². The van der Waals surface area contributed by atoms with Crippen molar-refractivity contribution in [2.75, 3.05) is 25.6 Å². The summed E-state index contributed by atoms with van der Waals surface area (Å²) < 4.78 is 46.4. The molecule has 1 atom stereocenters. The highest BCUT2D eigenvalue weighted by Gasteiger charge is 2.73. The molecule has 1 aromatic heterocycles. The average Bonchev–Trinajstić information content (AvgIpc) is 3.10. The highest BCUT2D eigenvalue weighted by Crippen LogP contribution is 2.66. The normalized spacial score (nSPS) is 25.5. The Labute approximate surface area is 237 Å². The second kappa shape index (κ2) is 9.23. The van der Waals surface area contributed by atoms with E-state index in [9.17, 15) is 18.8 Å². The Morgan fingerprint density at radius 3 is 2.59 bits per heavy atom. The van der Waals surface area contributed by atoms with Crippen molar-refractivity contribution in [1.82, 2.24) is 9.58 Å². The van der Waals surface area contributed by atoms with Crippen LogP contribution in [0.1, 0.15) is 52.5 Å². The molecular formula is C29H25F2N3O6S. The number of alkyl halides is 1. The van der Waals surface area contributed by atoms with Gasteiger partial charge in [0.05, 0.1) is 18.7 Å². The number of carbonyl (C=O) groups is 2. The Hall–Kier alpha value is -4.06. The summed E-state index contributed by atoms with van der Waals surface area (Å²) in [7, 11) is 1.13. The second-order valence-corrected chi connectivity index (χ2v) is 11.8. The van der Waals surface area contributed by atoms with Gasteiger partial charge >= 0.3 is 6.16 Å². The van der Waals surface area contributed by atoms with Gasteiger partial charge in [0.2, 0.25) is 18.0 Å². The van der Waals surface area contributed by atoms with Crippen LogP contribution in [0.3, 0.4) is 0 Å². The van der Waals surface area contributed by atoms with E-state index in [1.165, 1.54) is 30.1 Å². The quantitative estimate of drug-likeness (QED) is 0.322. The largest absolute Gasteiger partial charge is 0.510 e. The lowest BCUT2D eigenvalue weighted by molar-refractivity contribution is -0.214. The summed E-state index contributed by atoms with van der Waals surface area (Å²) in [4.78, 5) is 41.2. The first kappa shape index (κ1) is 25.9. The number of thioether (sulfide) groups is 1. The molecule has 0 unspecified atom stereocenters. The van der Waals surface area contributed by atoms with Crippen LogP contribution in [0.4, 0.5) is 13.6 Å². The number of fused-ring (bicyclic) bond motifs is 3. The lowest BCUT2D eigenvalue weighted by atomic mass is 9.46. The molecule has 2 aliphatic heterocycles. The first-order valence-corrected chi connectivity index (χ1v) is 14.1. The van der Waals surface area contributed by atoms with Crippen LogP contribution in [-0.4, -0.2) is 53.4 Å². The third kappa shape index (κ3) is 3.91. The molecule has 9 nitrogen and oxygen atoms in total. The maximum Gasteiger partial charge on any atom is 0.510 e. The summed E-state index contributed by atoms with van der Waals surface area (Å²) in [6.45, 7) is -0.593. The molecule has 3 heterocycles.